The minimum absolute atomic E-state index is 0.394. The molecule has 0 aromatic heterocycles. The van der Waals surface area contributed by atoms with Crippen LogP contribution >= 0.6 is 7.29 Å². The van der Waals surface area contributed by atoms with Crippen molar-refractivity contribution >= 4 is 17.9 Å². The highest BCUT2D eigenvalue weighted by atomic mass is 31.2. The van der Waals surface area contributed by atoms with Gasteiger partial charge >= 0.3 is 0 Å². The largest absolute Gasteiger partial charge is 0.386 e. The molecular weight excluding hydrogens is 473 g/mol. The Morgan fingerprint density at radius 1 is 0.541 bits per heavy atom. The van der Waals surface area contributed by atoms with Crippen molar-refractivity contribution in [2.75, 3.05) is 0 Å². The van der Waals surface area contributed by atoms with E-state index < -0.39 is 19.4 Å². The van der Waals surface area contributed by atoms with Crippen molar-refractivity contribution in [3.63, 3.8) is 0 Å². The Balaban J connectivity index is 1.78. The maximum atomic E-state index is 15.7. The first-order valence-corrected chi connectivity index (χ1v) is 14.1. The molecular formula is C33H30NO2P. The monoisotopic (exact) mass is 503 g/mol. The molecule has 4 heteroatoms. The summed E-state index contributed by atoms with van der Waals surface area (Å²) in [5, 5.41) is 13.4. The molecule has 37 heavy (non-hydrogen) atoms. The Kier molecular flexibility index (Phi) is 7.77. The van der Waals surface area contributed by atoms with Gasteiger partial charge in [0.15, 0.2) is 0 Å². The molecule has 0 bridgehead atoms. The Hall–Kier alpha value is -3.75. The smallest absolute Gasteiger partial charge is 0.208 e. The van der Waals surface area contributed by atoms with Crippen LogP contribution in [-0.4, -0.2) is 9.78 Å². The molecule has 5 aromatic rings. The zero-order valence-electron chi connectivity index (χ0n) is 20.5. The summed E-state index contributed by atoms with van der Waals surface area (Å²) in [5.41, 5.74) is 2.71. The van der Waals surface area contributed by atoms with Gasteiger partial charge in [-0.05, 0) is 41.0 Å². The lowest BCUT2D eigenvalue weighted by molar-refractivity contribution is 0.0865. The van der Waals surface area contributed by atoms with Crippen molar-refractivity contribution in [1.29, 1.82) is 0 Å². The minimum atomic E-state index is -3.42. The third-order valence-corrected chi connectivity index (χ3v) is 9.77. The van der Waals surface area contributed by atoms with Crippen molar-refractivity contribution < 1.29 is 9.67 Å². The molecule has 0 spiro atoms. The Labute approximate surface area is 219 Å². The summed E-state index contributed by atoms with van der Waals surface area (Å²) in [6.07, 6.45) is -0.909. The Bertz CT molecular complexity index is 1390. The second-order valence-corrected chi connectivity index (χ2v) is 11.7. The minimum Gasteiger partial charge on any atom is -0.386 e. The van der Waals surface area contributed by atoms with Crippen LogP contribution < -0.4 is 10.6 Å². The molecule has 0 saturated carbocycles. The molecule has 0 amide bonds. The van der Waals surface area contributed by atoms with Gasteiger partial charge in [0.2, 0.25) is 7.29 Å². The van der Waals surface area contributed by atoms with Gasteiger partial charge in [0.25, 0.3) is 0 Å². The van der Waals surface area contributed by atoms with E-state index in [4.69, 9.17) is 0 Å². The summed E-state index contributed by atoms with van der Waals surface area (Å²) in [4.78, 5) is 0. The van der Waals surface area contributed by atoms with Crippen LogP contribution in [-0.2, 0) is 11.1 Å². The van der Waals surface area contributed by atoms with Gasteiger partial charge < -0.3 is 5.11 Å². The zero-order chi connectivity index (χ0) is 25.5. The van der Waals surface area contributed by atoms with E-state index in [9.17, 15) is 5.11 Å². The van der Waals surface area contributed by atoms with E-state index in [2.05, 4.69) is 0 Å². The molecule has 5 aromatic carbocycles. The fraction of sp³-hybridized carbons (Fsp3) is 0.0909. The van der Waals surface area contributed by atoms with Gasteiger partial charge in [0, 0.05) is 17.2 Å². The number of nitrogens with zero attached hydrogens (tertiary/aromatic N) is 1. The zero-order valence-corrected chi connectivity index (χ0v) is 21.4. The quantitative estimate of drug-likeness (QED) is 0.223. The number of hydrogen-bond donors (Lipinski definition) is 1. The normalized spacial score (nSPS) is 13.2. The number of rotatable bonds is 9. The van der Waals surface area contributed by atoms with Gasteiger partial charge in [0.1, 0.15) is 0 Å². The first-order valence-electron chi connectivity index (χ1n) is 12.5. The predicted octanol–water partition coefficient (Wildman–Crippen LogP) is 6.89. The average molecular weight is 504 g/mol. The topological polar surface area (TPSA) is 40.5 Å². The molecule has 0 aliphatic carbocycles. The third kappa shape index (κ3) is 5.35. The van der Waals surface area contributed by atoms with Gasteiger partial charge in [0.05, 0.1) is 12.1 Å². The third-order valence-electron chi connectivity index (χ3n) is 6.66. The molecule has 1 unspecified atom stereocenters. The second kappa shape index (κ2) is 11.5. The number of aliphatic hydroxyl groups excluding tert-OH is 1. The molecule has 184 valence electrons. The van der Waals surface area contributed by atoms with E-state index in [1.807, 2.05) is 156 Å². The molecule has 0 aliphatic rings. The highest BCUT2D eigenvalue weighted by Gasteiger charge is 2.42. The highest BCUT2D eigenvalue weighted by molar-refractivity contribution is 7.76. The fourth-order valence-electron chi connectivity index (χ4n) is 4.85. The number of hydrogen-bond acceptors (Lipinski definition) is 2. The summed E-state index contributed by atoms with van der Waals surface area (Å²) in [5.74, 6) is 0. The summed E-state index contributed by atoms with van der Waals surface area (Å²) in [6, 6.07) is 48.4. The summed E-state index contributed by atoms with van der Waals surface area (Å²) < 4.78 is 17.7. The summed E-state index contributed by atoms with van der Waals surface area (Å²) in [7, 11) is -3.42. The molecule has 0 saturated heterocycles. The second-order valence-electron chi connectivity index (χ2n) is 9.04. The molecule has 0 radical (unpaired) electrons. The molecule has 0 heterocycles. The summed E-state index contributed by atoms with van der Waals surface area (Å²) in [6.45, 7) is 0.394. The SMILES string of the molecule is O=P(c1ccccc1)(c1ccccc1)N(Cc1ccccc1)[C@H](c1ccccc1)C(O)c1ccccc1. The molecule has 1 N–H and O–H groups in total. The van der Waals surface area contributed by atoms with E-state index >= 15 is 4.57 Å². The van der Waals surface area contributed by atoms with E-state index in [1.165, 1.54) is 0 Å². The molecule has 5 rings (SSSR count). The van der Waals surface area contributed by atoms with Gasteiger partial charge in [-0.3, -0.25) is 4.57 Å². The van der Waals surface area contributed by atoms with Crippen LogP contribution in [0.4, 0.5) is 0 Å². The van der Waals surface area contributed by atoms with Crippen LogP contribution in [0.25, 0.3) is 0 Å². The van der Waals surface area contributed by atoms with Gasteiger partial charge in [-0.1, -0.05) is 127 Å². The van der Waals surface area contributed by atoms with Gasteiger partial charge in [-0.25, -0.2) is 4.67 Å². The van der Waals surface area contributed by atoms with Crippen LogP contribution in [0.5, 0.6) is 0 Å². The van der Waals surface area contributed by atoms with E-state index in [0.717, 1.165) is 27.3 Å². The average Bonchev–Trinajstić information content (AvgIpc) is 2.99. The standard InChI is InChI=1S/C33H30NO2P/c35-33(29-20-10-3-11-21-29)32(28-18-8-2-9-19-28)34(26-27-16-6-1-7-17-27)37(36,30-22-12-4-13-23-30)31-24-14-5-15-25-31/h1-25,32-33,35H,26H2/t32-,33?/m1/s1. The fourth-order valence-corrected chi connectivity index (χ4v) is 7.87. The van der Waals surface area contributed by atoms with E-state index in [0.29, 0.717) is 6.54 Å². The molecule has 0 fully saturated rings. The van der Waals surface area contributed by atoms with E-state index in [-0.39, 0.29) is 0 Å². The first kappa shape index (κ1) is 24.9. The Morgan fingerprint density at radius 3 is 1.38 bits per heavy atom. The molecule has 0 aliphatic heterocycles. The number of aliphatic hydroxyl groups is 1. The Morgan fingerprint density at radius 2 is 0.919 bits per heavy atom. The molecule has 3 nitrogen and oxygen atoms in total. The van der Waals surface area contributed by atoms with Crippen LogP contribution in [0.1, 0.15) is 28.8 Å². The maximum Gasteiger partial charge on any atom is 0.208 e. The number of benzene rings is 5. The lowest BCUT2D eigenvalue weighted by atomic mass is 9.95. The maximum absolute atomic E-state index is 15.7. The van der Waals surface area contributed by atoms with Crippen molar-refractivity contribution in [2.24, 2.45) is 0 Å². The predicted molar refractivity (Wildman–Crippen MR) is 152 cm³/mol. The first-order chi connectivity index (χ1) is 18.2. The van der Waals surface area contributed by atoms with Crippen LogP contribution in [0, 0.1) is 0 Å². The van der Waals surface area contributed by atoms with Crippen molar-refractivity contribution in [3.8, 4) is 0 Å². The van der Waals surface area contributed by atoms with Crippen molar-refractivity contribution in [3.05, 3.63) is 168 Å². The van der Waals surface area contributed by atoms with Crippen LogP contribution in [0.3, 0.4) is 0 Å². The highest BCUT2D eigenvalue weighted by Crippen LogP contribution is 2.55. The lowest BCUT2D eigenvalue weighted by Gasteiger charge is -2.41. The molecule has 2 atom stereocenters. The van der Waals surface area contributed by atoms with Crippen molar-refractivity contribution in [1.82, 2.24) is 4.67 Å². The van der Waals surface area contributed by atoms with Crippen LogP contribution in [0.2, 0.25) is 0 Å². The van der Waals surface area contributed by atoms with E-state index in [1.54, 1.807) is 0 Å². The van der Waals surface area contributed by atoms with Gasteiger partial charge in [-0.2, -0.15) is 0 Å². The van der Waals surface area contributed by atoms with Gasteiger partial charge in [-0.15, -0.1) is 0 Å². The summed E-state index contributed by atoms with van der Waals surface area (Å²) >= 11 is 0. The van der Waals surface area contributed by atoms with Crippen molar-refractivity contribution in [2.45, 2.75) is 18.7 Å². The lowest BCUT2D eigenvalue weighted by Crippen LogP contribution is -2.37. The van der Waals surface area contributed by atoms with Crippen LogP contribution in [0.15, 0.2) is 152 Å².